The van der Waals surface area contributed by atoms with E-state index in [2.05, 4.69) is 267 Å². The summed E-state index contributed by atoms with van der Waals surface area (Å²) < 4.78 is 0. The van der Waals surface area contributed by atoms with E-state index in [1.807, 2.05) is 0 Å². The highest BCUT2D eigenvalue weighted by atomic mass is 14.5. The predicted molar refractivity (Wildman–Crippen MR) is 294 cm³/mol. The molecule has 0 N–H and O–H groups in total. The van der Waals surface area contributed by atoms with E-state index in [0.29, 0.717) is 0 Å². The molecule has 0 spiro atoms. The molecule has 0 aliphatic heterocycles. The third-order valence-electron chi connectivity index (χ3n) is 15.9. The van der Waals surface area contributed by atoms with Gasteiger partial charge in [0.25, 0.3) is 0 Å². The molecule has 14 rings (SSSR count). The van der Waals surface area contributed by atoms with Crippen LogP contribution in [-0.4, -0.2) is 0 Å². The minimum absolute atomic E-state index is 0.0935. The normalized spacial score (nSPS) is 17.3. The van der Waals surface area contributed by atoms with Crippen molar-refractivity contribution >= 4 is 21.5 Å². The lowest BCUT2D eigenvalue weighted by Crippen LogP contribution is -2.35. The van der Waals surface area contributed by atoms with E-state index in [1.165, 1.54) is 122 Å². The van der Waals surface area contributed by atoms with Crippen LogP contribution in [0.5, 0.6) is 0 Å². The van der Waals surface area contributed by atoms with Gasteiger partial charge in [0.2, 0.25) is 0 Å². The van der Waals surface area contributed by atoms with E-state index in [4.69, 9.17) is 0 Å². The van der Waals surface area contributed by atoms with E-state index in [-0.39, 0.29) is 17.3 Å². The fourth-order valence-corrected chi connectivity index (χ4v) is 13.1. The van der Waals surface area contributed by atoms with Gasteiger partial charge in [0.15, 0.2) is 0 Å². The van der Waals surface area contributed by atoms with Crippen LogP contribution in [0, 0.1) is 5.92 Å². The first kappa shape index (κ1) is 40.5. The molecule has 0 amide bonds. The number of benzene rings is 11. The summed E-state index contributed by atoms with van der Waals surface area (Å²) in [6, 6.07) is 91.3. The smallest absolute Gasteiger partial charge is 0.0529 e. The van der Waals surface area contributed by atoms with Gasteiger partial charge in [-0.05, 0) is 140 Å². The number of fused-ring (bicyclic) bond motifs is 8. The van der Waals surface area contributed by atoms with E-state index in [9.17, 15) is 0 Å². The van der Waals surface area contributed by atoms with Crippen LogP contribution >= 0.6 is 0 Å². The highest BCUT2D eigenvalue weighted by molar-refractivity contribution is 6.20. The molecule has 11 aromatic rings. The van der Waals surface area contributed by atoms with Crippen molar-refractivity contribution in [1.82, 2.24) is 0 Å². The molecule has 70 heavy (non-hydrogen) atoms. The van der Waals surface area contributed by atoms with Crippen LogP contribution in [0.3, 0.4) is 0 Å². The Morgan fingerprint density at radius 3 is 1.50 bits per heavy atom. The van der Waals surface area contributed by atoms with Gasteiger partial charge in [-0.1, -0.05) is 261 Å². The molecule has 0 radical (unpaired) electrons. The maximum atomic E-state index is 2.53. The lowest BCUT2D eigenvalue weighted by molar-refractivity contribution is 0.457. The molecule has 0 saturated heterocycles. The molecule has 3 unspecified atom stereocenters. The zero-order valence-electron chi connectivity index (χ0n) is 38.8. The predicted octanol–water partition coefficient (Wildman–Crippen LogP) is 18.3. The molecule has 0 heteroatoms. The Bertz CT molecular complexity index is 3910. The van der Waals surface area contributed by atoms with Gasteiger partial charge in [-0.25, -0.2) is 0 Å². The Hall–Kier alpha value is -8.58. The molecule has 11 aromatic carbocycles. The minimum Gasteiger partial charge on any atom is -0.0839 e. The van der Waals surface area contributed by atoms with Crippen molar-refractivity contribution in [2.45, 2.75) is 17.8 Å². The molecule has 3 atom stereocenters. The van der Waals surface area contributed by atoms with Crippen LogP contribution in [-0.2, 0) is 5.41 Å². The van der Waals surface area contributed by atoms with Crippen molar-refractivity contribution in [2.75, 3.05) is 0 Å². The largest absolute Gasteiger partial charge is 0.0839 e. The van der Waals surface area contributed by atoms with Crippen LogP contribution in [0.2, 0.25) is 0 Å². The van der Waals surface area contributed by atoms with Gasteiger partial charge in [0.1, 0.15) is 0 Å². The lowest BCUT2D eigenvalue weighted by Gasteiger charge is -2.39. The quantitative estimate of drug-likeness (QED) is 0.140. The van der Waals surface area contributed by atoms with Crippen molar-refractivity contribution in [3.05, 3.63) is 300 Å². The second kappa shape index (κ2) is 16.3. The molecule has 328 valence electrons. The molecular formula is C70H48. The highest BCUT2D eigenvalue weighted by Gasteiger charge is 2.49. The number of hydrogen-bond donors (Lipinski definition) is 0. The Morgan fingerprint density at radius 2 is 0.814 bits per heavy atom. The third kappa shape index (κ3) is 5.96. The van der Waals surface area contributed by atoms with Crippen LogP contribution in [0.25, 0.3) is 88.3 Å². The number of hydrogen-bond acceptors (Lipinski definition) is 0. The summed E-state index contributed by atoms with van der Waals surface area (Å²) in [4.78, 5) is 0. The van der Waals surface area contributed by atoms with Gasteiger partial charge in [-0.15, -0.1) is 0 Å². The first-order chi connectivity index (χ1) is 34.8. The van der Waals surface area contributed by atoms with Gasteiger partial charge in [0.05, 0.1) is 5.41 Å². The first-order valence-corrected chi connectivity index (χ1v) is 24.8. The highest BCUT2D eigenvalue weighted by Crippen LogP contribution is 2.61. The first-order valence-electron chi connectivity index (χ1n) is 24.8. The van der Waals surface area contributed by atoms with Gasteiger partial charge >= 0.3 is 0 Å². The average molecular weight is 889 g/mol. The SMILES string of the molecule is C1=CCC(C2(c3ccccc3)c3ccccc3-c3c(-c4cccc5c(-c6ccccc6)c6cccc(-c7cccc8c7-c7ccccc7C8c7ccccc7-c7ccccc7)c6cc45)cccc32)C=C1. The van der Waals surface area contributed by atoms with Crippen molar-refractivity contribution < 1.29 is 0 Å². The van der Waals surface area contributed by atoms with E-state index in [1.54, 1.807) is 0 Å². The van der Waals surface area contributed by atoms with Crippen molar-refractivity contribution in [3.63, 3.8) is 0 Å². The Labute approximate surface area is 410 Å². The minimum atomic E-state index is -0.354. The maximum absolute atomic E-state index is 2.53. The van der Waals surface area contributed by atoms with Crippen LogP contribution in [0.1, 0.15) is 45.7 Å². The second-order valence-corrected chi connectivity index (χ2v) is 19.3. The van der Waals surface area contributed by atoms with E-state index < -0.39 is 0 Å². The standard InChI is InChI=1S/C70H48/c1-5-23-46(24-6-1)50-31-13-14-32-53(50)67-56-33-15-16-34-57(56)68-54(38-21-42-61(67)68)51-36-19-39-58-62(51)45-63-52(37-20-40-59(63)66(58)47-25-7-2-8-26-47)55-41-22-44-65-69(55)60-35-17-18-43-64(60)70(65,48-27-9-3-10-28-48)49-29-11-4-12-30-49/h1-29,31-45,49,67H,30H2. The summed E-state index contributed by atoms with van der Waals surface area (Å²) in [5, 5.41) is 5.03. The van der Waals surface area contributed by atoms with E-state index >= 15 is 0 Å². The maximum Gasteiger partial charge on any atom is 0.0529 e. The fourth-order valence-electron chi connectivity index (χ4n) is 13.1. The van der Waals surface area contributed by atoms with Gasteiger partial charge < -0.3 is 0 Å². The number of rotatable bonds is 7. The molecule has 3 aliphatic rings. The summed E-state index contributed by atoms with van der Waals surface area (Å²) in [7, 11) is 0. The summed E-state index contributed by atoms with van der Waals surface area (Å²) in [5.41, 5.74) is 23.1. The zero-order valence-corrected chi connectivity index (χ0v) is 38.8. The topological polar surface area (TPSA) is 0 Å². The third-order valence-corrected chi connectivity index (χ3v) is 15.9. The van der Waals surface area contributed by atoms with Crippen molar-refractivity contribution in [2.24, 2.45) is 5.92 Å². The molecule has 0 nitrogen and oxygen atoms in total. The Morgan fingerprint density at radius 1 is 0.314 bits per heavy atom. The fraction of sp³-hybridized carbons (Fsp3) is 0.0571. The second-order valence-electron chi connectivity index (χ2n) is 19.3. The molecular weight excluding hydrogens is 841 g/mol. The Balaban J connectivity index is 1.04. The summed E-state index contributed by atoms with van der Waals surface area (Å²) in [6.07, 6.45) is 10.2. The van der Waals surface area contributed by atoms with Crippen molar-refractivity contribution in [3.8, 4) is 66.8 Å². The molecule has 0 aromatic heterocycles. The molecule has 3 aliphatic carbocycles. The summed E-state index contributed by atoms with van der Waals surface area (Å²) in [5.74, 6) is 0.349. The van der Waals surface area contributed by atoms with Gasteiger partial charge in [0, 0.05) is 5.92 Å². The average Bonchev–Trinajstić information content (AvgIpc) is 3.94. The van der Waals surface area contributed by atoms with Crippen LogP contribution in [0.15, 0.2) is 267 Å². The monoisotopic (exact) mass is 888 g/mol. The van der Waals surface area contributed by atoms with Gasteiger partial charge in [-0.3, -0.25) is 0 Å². The molecule has 0 saturated carbocycles. The zero-order chi connectivity index (χ0) is 46.2. The summed E-state index contributed by atoms with van der Waals surface area (Å²) in [6.45, 7) is 0. The molecule has 0 bridgehead atoms. The molecule has 0 heterocycles. The van der Waals surface area contributed by atoms with Crippen LogP contribution < -0.4 is 0 Å². The van der Waals surface area contributed by atoms with Crippen LogP contribution in [0.4, 0.5) is 0 Å². The van der Waals surface area contributed by atoms with Gasteiger partial charge in [-0.2, -0.15) is 0 Å². The molecule has 0 fully saturated rings. The van der Waals surface area contributed by atoms with Crippen molar-refractivity contribution in [1.29, 1.82) is 0 Å². The summed E-state index contributed by atoms with van der Waals surface area (Å²) >= 11 is 0. The number of allylic oxidation sites excluding steroid dienone is 4. The lowest BCUT2D eigenvalue weighted by atomic mass is 9.62. The van der Waals surface area contributed by atoms with E-state index in [0.717, 1.165) is 6.42 Å². The Kier molecular flexibility index (Phi) is 9.42.